The quantitative estimate of drug-likeness (QED) is 0.383. The second-order valence-corrected chi connectivity index (χ2v) is 6.15. The molecule has 4 rings (SSSR count). The normalized spacial score (nSPS) is 11.0. The van der Waals surface area contributed by atoms with E-state index in [0.29, 0.717) is 0 Å². The number of benzene rings is 3. The van der Waals surface area contributed by atoms with E-state index in [0.717, 1.165) is 5.33 Å². The molecule has 23 heavy (non-hydrogen) atoms. The van der Waals surface area contributed by atoms with E-state index in [1.807, 2.05) is 0 Å². The van der Waals surface area contributed by atoms with Crippen LogP contribution in [0.4, 0.5) is 0 Å². The molecule has 3 aromatic carbocycles. The molecule has 1 aromatic heterocycles. The summed E-state index contributed by atoms with van der Waals surface area (Å²) in [6.07, 6.45) is 2.16. The first kappa shape index (κ1) is 14.3. The second-order valence-electron chi connectivity index (χ2n) is 5.59. The fourth-order valence-electron chi connectivity index (χ4n) is 3.05. The monoisotopic (exact) mass is 361 g/mol. The van der Waals surface area contributed by atoms with Gasteiger partial charge in [-0.2, -0.15) is 0 Å². The Hall–Kier alpha value is -2.32. The fraction of sp³-hybridized carbons (Fsp3) is 0.0476. The van der Waals surface area contributed by atoms with Crippen molar-refractivity contribution in [3.8, 4) is 16.8 Å². The first-order chi connectivity index (χ1) is 11.4. The number of hydrogen-bond donors (Lipinski definition) is 0. The van der Waals surface area contributed by atoms with E-state index in [9.17, 15) is 0 Å². The second kappa shape index (κ2) is 6.05. The number of alkyl halides is 1. The maximum atomic E-state index is 3.54. The number of halogens is 1. The van der Waals surface area contributed by atoms with E-state index in [1.165, 1.54) is 33.3 Å². The number of hydrogen-bond acceptors (Lipinski definition) is 0. The molecule has 4 aromatic rings. The smallest absolute Gasteiger partial charge is 0.0534 e. The summed E-state index contributed by atoms with van der Waals surface area (Å²) in [6.45, 7) is 0. The molecule has 0 amide bonds. The predicted molar refractivity (Wildman–Crippen MR) is 101 cm³/mol. The Labute approximate surface area is 144 Å². The van der Waals surface area contributed by atoms with Crippen molar-refractivity contribution in [3.63, 3.8) is 0 Å². The summed E-state index contributed by atoms with van der Waals surface area (Å²) in [5, 5.41) is 2.15. The van der Waals surface area contributed by atoms with Gasteiger partial charge < -0.3 is 4.57 Å². The van der Waals surface area contributed by atoms with Gasteiger partial charge in [0.15, 0.2) is 0 Å². The largest absolute Gasteiger partial charge is 0.317 e. The third-order valence-corrected chi connectivity index (χ3v) is 4.81. The summed E-state index contributed by atoms with van der Waals surface area (Å²) < 4.78 is 2.26. The molecule has 0 aliphatic carbocycles. The Bertz CT molecular complexity index is 954. The minimum atomic E-state index is 0.870. The Balaban J connectivity index is 1.91. The van der Waals surface area contributed by atoms with Crippen LogP contribution in [0.25, 0.3) is 27.7 Å². The summed E-state index contributed by atoms with van der Waals surface area (Å²) in [5.41, 5.74) is 6.24. The zero-order chi connectivity index (χ0) is 15.6. The molecule has 112 valence electrons. The minimum absolute atomic E-state index is 0.870. The first-order valence-corrected chi connectivity index (χ1v) is 8.80. The van der Waals surface area contributed by atoms with Crippen molar-refractivity contribution in [3.05, 3.63) is 90.6 Å². The molecule has 1 nitrogen and oxygen atoms in total. The lowest BCUT2D eigenvalue weighted by atomic mass is 10.0. The molecule has 0 aliphatic rings. The van der Waals surface area contributed by atoms with Gasteiger partial charge in [0, 0.05) is 22.6 Å². The number of aromatic nitrogens is 1. The van der Waals surface area contributed by atoms with Crippen molar-refractivity contribution in [2.75, 3.05) is 0 Å². The lowest BCUT2D eigenvalue weighted by Gasteiger charge is -2.09. The highest BCUT2D eigenvalue weighted by Gasteiger charge is 2.08. The number of nitrogens with zero attached hydrogens (tertiary/aromatic N) is 1. The molecule has 0 unspecified atom stereocenters. The number of fused-ring (bicyclic) bond motifs is 1. The van der Waals surface area contributed by atoms with Crippen LogP contribution in [0.3, 0.4) is 0 Å². The van der Waals surface area contributed by atoms with Crippen LogP contribution in [0, 0.1) is 0 Å². The summed E-state index contributed by atoms with van der Waals surface area (Å²) >= 11 is 3.54. The Morgan fingerprint density at radius 1 is 0.783 bits per heavy atom. The lowest BCUT2D eigenvalue weighted by molar-refractivity contribution is 1.12. The molecule has 0 spiro atoms. The maximum Gasteiger partial charge on any atom is 0.0534 e. The van der Waals surface area contributed by atoms with E-state index in [2.05, 4.69) is 106 Å². The van der Waals surface area contributed by atoms with Crippen LogP contribution in [0.1, 0.15) is 5.56 Å². The van der Waals surface area contributed by atoms with Crippen molar-refractivity contribution in [2.24, 2.45) is 0 Å². The van der Waals surface area contributed by atoms with E-state index in [4.69, 9.17) is 0 Å². The molecule has 0 bridgehead atoms. The average molecular weight is 362 g/mol. The van der Waals surface area contributed by atoms with Gasteiger partial charge in [-0.1, -0.05) is 70.5 Å². The molecule has 1 heterocycles. The molecule has 0 N–H and O–H groups in total. The molecule has 0 saturated carbocycles. The topological polar surface area (TPSA) is 4.93 Å². The van der Waals surface area contributed by atoms with Crippen LogP contribution in [0.5, 0.6) is 0 Å². The highest BCUT2D eigenvalue weighted by atomic mass is 79.9. The third kappa shape index (κ3) is 2.60. The van der Waals surface area contributed by atoms with Gasteiger partial charge in [0.2, 0.25) is 0 Å². The van der Waals surface area contributed by atoms with Gasteiger partial charge in [0.25, 0.3) is 0 Å². The zero-order valence-corrected chi connectivity index (χ0v) is 14.2. The highest BCUT2D eigenvalue weighted by Crippen LogP contribution is 2.31. The van der Waals surface area contributed by atoms with Crippen LogP contribution >= 0.6 is 15.9 Å². The van der Waals surface area contributed by atoms with Crippen molar-refractivity contribution < 1.29 is 0 Å². The van der Waals surface area contributed by atoms with E-state index < -0.39 is 0 Å². The summed E-state index contributed by atoms with van der Waals surface area (Å²) in [4.78, 5) is 0. The van der Waals surface area contributed by atoms with Gasteiger partial charge >= 0.3 is 0 Å². The maximum absolute atomic E-state index is 3.54. The molecule has 0 saturated heterocycles. The minimum Gasteiger partial charge on any atom is -0.317 e. The summed E-state index contributed by atoms with van der Waals surface area (Å²) in [6, 6.07) is 27.9. The molecular formula is C21H16BrN. The van der Waals surface area contributed by atoms with Crippen molar-refractivity contribution in [1.29, 1.82) is 0 Å². The van der Waals surface area contributed by atoms with Crippen LogP contribution < -0.4 is 0 Å². The molecular weight excluding hydrogens is 346 g/mol. The average Bonchev–Trinajstić information content (AvgIpc) is 3.06. The summed E-state index contributed by atoms with van der Waals surface area (Å²) in [7, 11) is 0. The van der Waals surface area contributed by atoms with Crippen LogP contribution in [-0.4, -0.2) is 4.57 Å². The van der Waals surface area contributed by atoms with Crippen LogP contribution in [0.15, 0.2) is 85.1 Å². The Morgan fingerprint density at radius 2 is 1.61 bits per heavy atom. The van der Waals surface area contributed by atoms with Gasteiger partial charge in [-0.05, 0) is 41.0 Å². The van der Waals surface area contributed by atoms with Gasteiger partial charge in [0.05, 0.1) is 5.52 Å². The van der Waals surface area contributed by atoms with Gasteiger partial charge in [-0.15, -0.1) is 0 Å². The number of rotatable bonds is 3. The molecule has 2 heteroatoms. The van der Waals surface area contributed by atoms with E-state index in [1.54, 1.807) is 0 Å². The van der Waals surface area contributed by atoms with E-state index in [-0.39, 0.29) is 0 Å². The van der Waals surface area contributed by atoms with Crippen molar-refractivity contribution in [1.82, 2.24) is 4.57 Å². The van der Waals surface area contributed by atoms with Crippen molar-refractivity contribution in [2.45, 2.75) is 5.33 Å². The Morgan fingerprint density at radius 3 is 2.43 bits per heavy atom. The standard InChI is InChI=1S/C21H16BrN/c22-15-16-6-4-9-18(14-16)23-13-12-20-19(10-5-11-21(20)23)17-7-2-1-3-8-17/h1-14H,15H2. The van der Waals surface area contributed by atoms with Gasteiger partial charge in [-0.3, -0.25) is 0 Å². The molecule has 0 radical (unpaired) electrons. The van der Waals surface area contributed by atoms with E-state index >= 15 is 0 Å². The highest BCUT2D eigenvalue weighted by molar-refractivity contribution is 9.08. The SMILES string of the molecule is BrCc1cccc(-n2ccc3c(-c4ccccc4)cccc32)c1. The van der Waals surface area contributed by atoms with Gasteiger partial charge in [-0.25, -0.2) is 0 Å². The fourth-order valence-corrected chi connectivity index (χ4v) is 3.40. The molecule has 0 fully saturated rings. The first-order valence-electron chi connectivity index (χ1n) is 7.67. The molecule has 0 aliphatic heterocycles. The predicted octanol–water partition coefficient (Wildman–Crippen LogP) is 6.19. The molecule has 0 atom stereocenters. The summed E-state index contributed by atoms with van der Waals surface area (Å²) in [5.74, 6) is 0. The zero-order valence-electron chi connectivity index (χ0n) is 12.6. The Kier molecular flexibility index (Phi) is 3.76. The van der Waals surface area contributed by atoms with Crippen LogP contribution in [0.2, 0.25) is 0 Å². The van der Waals surface area contributed by atoms with Crippen LogP contribution in [-0.2, 0) is 5.33 Å². The van der Waals surface area contributed by atoms with Gasteiger partial charge in [0.1, 0.15) is 0 Å². The third-order valence-electron chi connectivity index (χ3n) is 4.16. The lowest BCUT2D eigenvalue weighted by Crippen LogP contribution is -1.93. The van der Waals surface area contributed by atoms with Crippen molar-refractivity contribution >= 4 is 26.8 Å².